The monoisotopic (exact) mass is 470 g/mol. The van der Waals surface area contributed by atoms with Crippen molar-refractivity contribution in [2.45, 2.75) is 4.90 Å². The largest absolute Gasteiger partial charge is 0.464 e. The lowest BCUT2D eigenvalue weighted by Crippen LogP contribution is -2.14. The smallest absolute Gasteiger partial charge is 0.182 e. The van der Waals surface area contributed by atoms with Gasteiger partial charge in [0.05, 0.1) is 16.9 Å². The zero-order valence-corrected chi connectivity index (χ0v) is 17.6. The summed E-state index contributed by atoms with van der Waals surface area (Å²) in [6.07, 6.45) is 1.43. The van der Waals surface area contributed by atoms with Gasteiger partial charge in [0.2, 0.25) is 0 Å². The number of ether oxygens (including phenoxy) is 1. The van der Waals surface area contributed by atoms with Crippen molar-refractivity contribution in [3.8, 4) is 5.75 Å². The molecule has 3 aromatic carbocycles. The Labute approximate surface area is 177 Å². The van der Waals surface area contributed by atoms with Crippen molar-refractivity contribution in [3.63, 3.8) is 0 Å². The predicted molar refractivity (Wildman–Crippen MR) is 116 cm³/mol. The lowest BCUT2D eigenvalue weighted by Gasteiger charge is -2.23. The van der Waals surface area contributed by atoms with Crippen molar-refractivity contribution in [1.29, 1.82) is 0 Å². The van der Waals surface area contributed by atoms with Crippen LogP contribution in [0, 0.1) is 5.82 Å². The summed E-state index contributed by atoms with van der Waals surface area (Å²) in [5, 5.41) is 0. The van der Waals surface area contributed by atoms with Crippen LogP contribution >= 0.6 is 15.9 Å². The van der Waals surface area contributed by atoms with Gasteiger partial charge in [0.15, 0.2) is 9.84 Å². The molecule has 3 aromatic rings. The maximum atomic E-state index is 14.0. The quantitative estimate of drug-likeness (QED) is 0.480. The molecule has 29 heavy (non-hydrogen) atoms. The molecule has 3 nitrogen and oxygen atoms in total. The number of rotatable bonds is 4. The number of hydrogen-bond donors (Lipinski definition) is 0. The summed E-state index contributed by atoms with van der Waals surface area (Å²) in [5.41, 5.74) is 2.39. The van der Waals surface area contributed by atoms with Crippen LogP contribution in [0.3, 0.4) is 0 Å². The molecule has 0 radical (unpaired) electrons. The van der Waals surface area contributed by atoms with Crippen LogP contribution in [0.5, 0.6) is 5.75 Å². The minimum Gasteiger partial charge on any atom is -0.464 e. The molecule has 0 N–H and O–H groups in total. The van der Waals surface area contributed by atoms with Gasteiger partial charge in [0.25, 0.3) is 0 Å². The van der Waals surface area contributed by atoms with Gasteiger partial charge in [-0.05, 0) is 51.8 Å². The van der Waals surface area contributed by atoms with Gasteiger partial charge >= 0.3 is 0 Å². The van der Waals surface area contributed by atoms with E-state index >= 15 is 0 Å². The Kier molecular flexibility index (Phi) is 5.39. The molecule has 0 bridgehead atoms. The Balaban J connectivity index is 1.86. The highest BCUT2D eigenvalue weighted by molar-refractivity contribution is 9.15. The normalized spacial score (nSPS) is 15.2. The van der Waals surface area contributed by atoms with Crippen LogP contribution in [0.2, 0.25) is 0 Å². The molecule has 0 amide bonds. The fourth-order valence-corrected chi connectivity index (χ4v) is 5.27. The van der Waals surface area contributed by atoms with E-state index in [1.165, 1.54) is 24.5 Å². The van der Waals surface area contributed by atoms with Crippen LogP contribution in [-0.2, 0) is 9.84 Å². The molecule has 0 saturated carbocycles. The molecule has 0 saturated heterocycles. The van der Waals surface area contributed by atoms with Crippen molar-refractivity contribution < 1.29 is 17.5 Å². The van der Waals surface area contributed by atoms with Crippen LogP contribution in [0.15, 0.2) is 95.6 Å². The molecule has 1 heterocycles. The highest BCUT2D eigenvalue weighted by Crippen LogP contribution is 2.43. The van der Waals surface area contributed by atoms with E-state index in [9.17, 15) is 12.8 Å². The van der Waals surface area contributed by atoms with Crippen molar-refractivity contribution in [1.82, 2.24) is 0 Å². The first kappa shape index (κ1) is 19.6. The first-order valence-corrected chi connectivity index (χ1v) is 11.3. The number of sulfone groups is 1. The summed E-state index contributed by atoms with van der Waals surface area (Å²) < 4.78 is 46.3. The Bertz CT molecular complexity index is 1220. The van der Waals surface area contributed by atoms with Crippen LogP contribution in [0.4, 0.5) is 4.39 Å². The predicted octanol–water partition coefficient (Wildman–Crippen LogP) is 5.84. The van der Waals surface area contributed by atoms with E-state index < -0.39 is 15.7 Å². The van der Waals surface area contributed by atoms with Gasteiger partial charge in [-0.3, -0.25) is 0 Å². The van der Waals surface area contributed by atoms with Crippen molar-refractivity contribution in [2.24, 2.45) is 0 Å². The van der Waals surface area contributed by atoms with E-state index in [1.54, 1.807) is 30.3 Å². The average molecular weight is 471 g/mol. The molecule has 0 fully saturated rings. The topological polar surface area (TPSA) is 43.4 Å². The van der Waals surface area contributed by atoms with E-state index in [-0.39, 0.29) is 10.6 Å². The minimum atomic E-state index is -3.62. The molecule has 0 aliphatic carbocycles. The van der Waals surface area contributed by atoms with E-state index in [0.717, 1.165) is 5.56 Å². The van der Waals surface area contributed by atoms with Gasteiger partial charge in [-0.25, -0.2) is 12.8 Å². The zero-order chi connectivity index (χ0) is 20.4. The molecule has 0 spiro atoms. The minimum absolute atomic E-state index is 0.223. The summed E-state index contributed by atoms with van der Waals surface area (Å²) in [4.78, 5) is 0.223. The Morgan fingerprint density at radius 3 is 2.28 bits per heavy atom. The van der Waals surface area contributed by atoms with Crippen LogP contribution in [0.1, 0.15) is 11.1 Å². The third kappa shape index (κ3) is 4.04. The first-order chi connectivity index (χ1) is 14.0. The summed E-state index contributed by atoms with van der Waals surface area (Å²) in [6, 6.07) is 21.9. The van der Waals surface area contributed by atoms with E-state index in [0.29, 0.717) is 26.9 Å². The lowest BCUT2D eigenvalue weighted by molar-refractivity contribution is 0.468. The van der Waals surface area contributed by atoms with Gasteiger partial charge < -0.3 is 4.74 Å². The van der Waals surface area contributed by atoms with Gasteiger partial charge in [-0.2, -0.15) is 0 Å². The van der Waals surface area contributed by atoms with Crippen molar-refractivity contribution in [2.75, 3.05) is 5.75 Å². The van der Waals surface area contributed by atoms with Gasteiger partial charge in [0.1, 0.15) is 11.6 Å². The lowest BCUT2D eigenvalue weighted by atomic mass is 9.94. The standard InChI is InChI=1S/C23H16BrFO3S/c24-23(16-7-3-1-4-8-16)22-17(14-28-21-12-11-18(25)13-20(21)22)15-29(26,27)19-9-5-2-6-10-19/h1-14H,15H2/b23-22-. The second-order valence-electron chi connectivity index (χ2n) is 6.53. The Morgan fingerprint density at radius 2 is 1.59 bits per heavy atom. The average Bonchev–Trinajstić information content (AvgIpc) is 2.74. The molecule has 0 aromatic heterocycles. The molecule has 4 rings (SSSR count). The third-order valence-corrected chi connectivity index (χ3v) is 7.09. The van der Waals surface area contributed by atoms with Gasteiger partial charge in [-0.1, -0.05) is 48.5 Å². The number of benzene rings is 3. The van der Waals surface area contributed by atoms with Gasteiger partial charge in [0, 0.05) is 21.2 Å². The molecular formula is C23H16BrFO3S. The van der Waals surface area contributed by atoms with Crippen LogP contribution in [-0.4, -0.2) is 14.2 Å². The van der Waals surface area contributed by atoms with E-state index in [2.05, 4.69) is 15.9 Å². The van der Waals surface area contributed by atoms with Crippen molar-refractivity contribution >= 4 is 35.8 Å². The summed E-state index contributed by atoms with van der Waals surface area (Å²) in [5.74, 6) is -0.231. The molecule has 0 unspecified atom stereocenters. The number of fused-ring (bicyclic) bond motifs is 1. The van der Waals surface area contributed by atoms with E-state index in [4.69, 9.17) is 4.74 Å². The van der Waals surface area contributed by atoms with Gasteiger partial charge in [-0.15, -0.1) is 0 Å². The fourth-order valence-electron chi connectivity index (χ4n) is 3.18. The maximum absolute atomic E-state index is 14.0. The third-order valence-electron chi connectivity index (χ3n) is 4.55. The molecule has 146 valence electrons. The first-order valence-electron chi connectivity index (χ1n) is 8.85. The Hall–Kier alpha value is -2.70. The highest BCUT2D eigenvalue weighted by Gasteiger charge is 2.27. The summed E-state index contributed by atoms with van der Waals surface area (Å²) >= 11 is 3.61. The number of halogens is 2. The number of allylic oxidation sites excluding steroid dienone is 1. The molecule has 1 aliphatic rings. The molecule has 0 atom stereocenters. The second-order valence-corrected chi connectivity index (χ2v) is 9.31. The molecular weight excluding hydrogens is 455 g/mol. The molecule has 1 aliphatic heterocycles. The Morgan fingerprint density at radius 1 is 0.931 bits per heavy atom. The fraction of sp³-hybridized carbons (Fsp3) is 0.0435. The summed E-state index contributed by atoms with van der Waals surface area (Å²) in [6.45, 7) is 0. The van der Waals surface area contributed by atoms with Crippen LogP contribution < -0.4 is 4.74 Å². The summed E-state index contributed by atoms with van der Waals surface area (Å²) in [7, 11) is -3.62. The van der Waals surface area contributed by atoms with E-state index in [1.807, 2.05) is 30.3 Å². The SMILES string of the molecule is O=S(=O)(CC1=COc2ccc(F)cc2/C1=C(\Br)c1ccccc1)c1ccccc1. The zero-order valence-electron chi connectivity index (χ0n) is 15.2. The maximum Gasteiger partial charge on any atom is 0.182 e. The second kappa shape index (κ2) is 7.97. The van der Waals surface area contributed by atoms with Crippen LogP contribution in [0.25, 0.3) is 10.1 Å². The highest BCUT2D eigenvalue weighted by atomic mass is 79.9. The van der Waals surface area contributed by atoms with Crippen molar-refractivity contribution in [3.05, 3.63) is 108 Å². The molecule has 6 heteroatoms. The number of hydrogen-bond acceptors (Lipinski definition) is 3.